The Morgan fingerprint density at radius 1 is 1.60 bits per heavy atom. The largest absolute Gasteiger partial charge is 0.368 e. The van der Waals surface area contributed by atoms with Crippen LogP contribution in [-0.2, 0) is 0 Å². The van der Waals surface area contributed by atoms with Crippen molar-refractivity contribution in [2.45, 2.75) is 0 Å². The molecule has 2 heterocycles. The quantitative estimate of drug-likeness (QED) is 0.566. The maximum Gasteiger partial charge on any atom is 0.368 e. The predicted molar refractivity (Wildman–Crippen MR) is 34.9 cm³/mol. The molecule has 0 aliphatic carbocycles. The van der Waals surface area contributed by atoms with Crippen molar-refractivity contribution in [3.8, 4) is 10.7 Å². The lowest BCUT2D eigenvalue weighted by Crippen LogP contribution is -2.09. The molecule has 0 bridgehead atoms. The molecule has 5 nitrogen and oxygen atoms in total. The van der Waals surface area contributed by atoms with E-state index in [9.17, 15) is 4.79 Å². The van der Waals surface area contributed by atoms with Gasteiger partial charge in [-0.15, -0.1) is 0 Å². The number of rotatable bonds is 0. The fourth-order valence-electron chi connectivity index (χ4n) is 0.612. The first-order chi connectivity index (χ1) is 4.86. The van der Waals surface area contributed by atoms with Gasteiger partial charge < -0.3 is 0 Å². The molecule has 0 aromatic heterocycles. The number of hydrogen-bond donors (Lipinski definition) is 1. The Balaban J connectivity index is 2.87. The van der Waals surface area contributed by atoms with Crippen LogP contribution >= 0.6 is 11.5 Å². The molecule has 0 unspecified atom stereocenters. The van der Waals surface area contributed by atoms with E-state index in [1.807, 2.05) is 0 Å². The fraction of sp³-hybridized carbons (Fsp3) is 0. The predicted octanol–water partition coefficient (Wildman–Crippen LogP) is -0.274. The molecule has 2 aliphatic rings. The first kappa shape index (κ1) is 5.48. The zero-order valence-corrected chi connectivity index (χ0v) is 5.55. The van der Waals surface area contributed by atoms with Crippen molar-refractivity contribution in [2.75, 3.05) is 0 Å². The fourth-order valence-corrected chi connectivity index (χ4v) is 1.17. The van der Waals surface area contributed by atoms with Crippen molar-refractivity contribution in [1.29, 1.82) is 0 Å². The Morgan fingerprint density at radius 2 is 2.50 bits per heavy atom. The molecule has 1 N–H and O–H groups in total. The monoisotopic (exact) mass is 154 g/mol. The molecule has 0 atom stereocenters. The van der Waals surface area contributed by atoms with Crippen molar-refractivity contribution in [3.05, 3.63) is 16.7 Å². The molecule has 2 rings (SSSR count). The maximum absolute atomic E-state index is 10.5. The van der Waals surface area contributed by atoms with Gasteiger partial charge in [0.15, 0.2) is 5.01 Å². The van der Waals surface area contributed by atoms with Gasteiger partial charge >= 0.3 is 5.69 Å². The molecule has 0 radical (unpaired) electrons. The van der Waals surface area contributed by atoms with Crippen LogP contribution in [0.5, 0.6) is 0 Å². The SMILES string of the molecule is O=c1ncc2n[nH]sc-2n1. The number of aromatic nitrogens is 4. The minimum Gasteiger partial charge on any atom is -0.244 e. The number of H-pyrrole nitrogens is 1. The van der Waals surface area contributed by atoms with E-state index in [0.29, 0.717) is 10.7 Å². The third-order valence-electron chi connectivity index (χ3n) is 1.02. The van der Waals surface area contributed by atoms with Gasteiger partial charge in [0, 0.05) is 0 Å². The van der Waals surface area contributed by atoms with Gasteiger partial charge in [0.2, 0.25) is 0 Å². The summed E-state index contributed by atoms with van der Waals surface area (Å²) in [5.41, 5.74) is 0.162. The Hall–Kier alpha value is -1.30. The van der Waals surface area contributed by atoms with Crippen LogP contribution in [0.1, 0.15) is 0 Å². The van der Waals surface area contributed by atoms with Crippen LogP contribution in [0.15, 0.2) is 11.0 Å². The highest BCUT2D eigenvalue weighted by molar-refractivity contribution is 7.09. The molecule has 0 fully saturated rings. The lowest BCUT2D eigenvalue weighted by atomic mass is 10.5. The molecule has 50 valence electrons. The highest BCUT2D eigenvalue weighted by atomic mass is 32.1. The molecular weight excluding hydrogens is 152 g/mol. The highest BCUT2D eigenvalue weighted by Gasteiger charge is 2.06. The van der Waals surface area contributed by atoms with Gasteiger partial charge in [-0.1, -0.05) is 0 Å². The van der Waals surface area contributed by atoms with Crippen LogP contribution in [0.25, 0.3) is 10.7 Å². The van der Waals surface area contributed by atoms with Crippen LogP contribution in [0.3, 0.4) is 0 Å². The second-order valence-corrected chi connectivity index (χ2v) is 2.42. The second kappa shape index (κ2) is 1.84. The van der Waals surface area contributed by atoms with Crippen molar-refractivity contribution in [2.24, 2.45) is 0 Å². The summed E-state index contributed by atoms with van der Waals surface area (Å²) in [6.45, 7) is 0. The maximum atomic E-state index is 10.5. The summed E-state index contributed by atoms with van der Waals surface area (Å²) in [5.74, 6) is 0. The number of nitrogens with zero attached hydrogens (tertiary/aromatic N) is 3. The Kier molecular flexibility index (Phi) is 1.01. The van der Waals surface area contributed by atoms with Gasteiger partial charge in [-0.2, -0.15) is 15.1 Å². The first-order valence-electron chi connectivity index (χ1n) is 2.53. The minimum absolute atomic E-state index is 0.467. The molecule has 0 aromatic carbocycles. The minimum atomic E-state index is -0.467. The summed E-state index contributed by atoms with van der Waals surface area (Å²) in [6, 6.07) is 0. The van der Waals surface area contributed by atoms with Crippen molar-refractivity contribution >= 4 is 11.5 Å². The van der Waals surface area contributed by atoms with Crippen LogP contribution in [0.2, 0.25) is 0 Å². The molecular formula is C4H2N4OS. The molecule has 6 heteroatoms. The standard InChI is InChI=1S/C4H2N4OS/c9-4-5-1-2-3(6-4)10-8-7-2/h1,8H. The number of nitrogens with one attached hydrogen (secondary N) is 1. The van der Waals surface area contributed by atoms with Crippen molar-refractivity contribution < 1.29 is 0 Å². The van der Waals surface area contributed by atoms with Crippen LogP contribution in [0, 0.1) is 0 Å². The lowest BCUT2D eigenvalue weighted by Gasteiger charge is -1.84. The van der Waals surface area contributed by atoms with Crippen molar-refractivity contribution in [1.82, 2.24) is 19.6 Å². The summed E-state index contributed by atoms with van der Waals surface area (Å²) in [6.07, 6.45) is 1.40. The Bertz CT molecular complexity index is 366. The zero-order valence-electron chi connectivity index (χ0n) is 4.74. The third kappa shape index (κ3) is 0.695. The van der Waals surface area contributed by atoms with Crippen molar-refractivity contribution in [3.63, 3.8) is 0 Å². The van der Waals surface area contributed by atoms with Gasteiger partial charge in [-0.05, 0) is 11.5 Å². The van der Waals surface area contributed by atoms with E-state index in [4.69, 9.17) is 0 Å². The van der Waals surface area contributed by atoms with Gasteiger partial charge in [-0.3, -0.25) is 0 Å². The van der Waals surface area contributed by atoms with E-state index >= 15 is 0 Å². The van der Waals surface area contributed by atoms with E-state index in [2.05, 4.69) is 19.6 Å². The highest BCUT2D eigenvalue weighted by Crippen LogP contribution is 2.14. The second-order valence-electron chi connectivity index (χ2n) is 1.65. The molecule has 0 aromatic rings. The van der Waals surface area contributed by atoms with Crippen LogP contribution < -0.4 is 5.69 Å². The lowest BCUT2D eigenvalue weighted by molar-refractivity contribution is 1.05. The molecule has 2 aliphatic heterocycles. The molecule has 0 saturated heterocycles. The summed E-state index contributed by atoms with van der Waals surface area (Å²) < 4.78 is 2.62. The molecule has 0 spiro atoms. The summed E-state index contributed by atoms with van der Waals surface area (Å²) in [7, 11) is 0. The third-order valence-corrected chi connectivity index (χ3v) is 1.70. The molecule has 0 saturated carbocycles. The van der Waals surface area contributed by atoms with E-state index in [1.54, 1.807) is 0 Å². The smallest absolute Gasteiger partial charge is 0.244 e. The number of hydrogen-bond acceptors (Lipinski definition) is 5. The summed E-state index contributed by atoms with van der Waals surface area (Å²) in [4.78, 5) is 17.6. The molecule has 10 heavy (non-hydrogen) atoms. The Morgan fingerprint density at radius 3 is 3.40 bits per heavy atom. The number of aromatic amines is 1. The van der Waals surface area contributed by atoms with E-state index in [0.717, 1.165) is 0 Å². The topological polar surface area (TPSA) is 71.5 Å². The first-order valence-corrected chi connectivity index (χ1v) is 3.34. The van der Waals surface area contributed by atoms with E-state index < -0.39 is 5.69 Å². The van der Waals surface area contributed by atoms with Crippen LogP contribution in [-0.4, -0.2) is 19.6 Å². The zero-order chi connectivity index (χ0) is 6.97. The molecule has 0 amide bonds. The van der Waals surface area contributed by atoms with Gasteiger partial charge in [0.1, 0.15) is 5.69 Å². The van der Waals surface area contributed by atoms with Crippen LogP contribution in [0.4, 0.5) is 0 Å². The van der Waals surface area contributed by atoms with Gasteiger partial charge in [0.05, 0.1) is 6.20 Å². The average Bonchev–Trinajstić information content (AvgIpc) is 2.33. The van der Waals surface area contributed by atoms with Gasteiger partial charge in [0.25, 0.3) is 0 Å². The summed E-state index contributed by atoms with van der Waals surface area (Å²) in [5, 5.41) is 4.39. The number of fused-ring (bicyclic) bond motifs is 1. The van der Waals surface area contributed by atoms with E-state index in [1.165, 1.54) is 17.7 Å². The Labute approximate surface area is 59.3 Å². The van der Waals surface area contributed by atoms with Gasteiger partial charge in [-0.25, -0.2) is 9.28 Å². The average molecular weight is 154 g/mol. The van der Waals surface area contributed by atoms with E-state index in [-0.39, 0.29) is 0 Å². The normalized spacial score (nSPS) is 10.4. The summed E-state index contributed by atoms with van der Waals surface area (Å²) >= 11 is 1.21.